The van der Waals surface area contributed by atoms with Crippen LogP contribution in [-0.4, -0.2) is 49.9 Å². The van der Waals surface area contributed by atoms with Crippen molar-refractivity contribution < 1.29 is 19.4 Å². The van der Waals surface area contributed by atoms with E-state index in [1.54, 1.807) is 23.9 Å². The van der Waals surface area contributed by atoms with Crippen LogP contribution in [0.25, 0.3) is 0 Å². The minimum absolute atomic E-state index is 0.114. The Kier molecular flexibility index (Phi) is 5.02. The number of rotatable bonds is 7. The fourth-order valence-corrected chi connectivity index (χ4v) is 1.63. The SMILES string of the molecule is CCOC(=O)c1ccn(CCNc2cnc(C(=O)O)cn2)n1. The van der Waals surface area contributed by atoms with Gasteiger partial charge in [-0.2, -0.15) is 5.10 Å². The summed E-state index contributed by atoms with van der Waals surface area (Å²) in [7, 11) is 0. The lowest BCUT2D eigenvalue weighted by atomic mass is 10.4. The summed E-state index contributed by atoms with van der Waals surface area (Å²) in [5.74, 6) is -1.12. The lowest BCUT2D eigenvalue weighted by Crippen LogP contribution is -2.13. The molecule has 2 heterocycles. The molecule has 0 aliphatic rings. The summed E-state index contributed by atoms with van der Waals surface area (Å²) in [5, 5.41) is 15.8. The molecule has 0 aliphatic heterocycles. The van der Waals surface area contributed by atoms with Gasteiger partial charge in [0.25, 0.3) is 0 Å². The van der Waals surface area contributed by atoms with E-state index < -0.39 is 11.9 Å². The molecular formula is C13H15N5O4. The first-order valence-corrected chi connectivity index (χ1v) is 6.60. The average molecular weight is 305 g/mol. The van der Waals surface area contributed by atoms with Crippen molar-refractivity contribution in [2.24, 2.45) is 0 Å². The third-order valence-electron chi connectivity index (χ3n) is 2.64. The fourth-order valence-electron chi connectivity index (χ4n) is 1.63. The number of esters is 1. The molecule has 0 spiro atoms. The minimum Gasteiger partial charge on any atom is -0.476 e. The van der Waals surface area contributed by atoms with Crippen molar-refractivity contribution in [1.29, 1.82) is 0 Å². The predicted molar refractivity (Wildman–Crippen MR) is 75.7 cm³/mol. The van der Waals surface area contributed by atoms with Crippen LogP contribution in [0.15, 0.2) is 24.7 Å². The van der Waals surface area contributed by atoms with E-state index in [2.05, 4.69) is 20.4 Å². The number of carboxylic acids is 1. The van der Waals surface area contributed by atoms with E-state index in [4.69, 9.17) is 9.84 Å². The van der Waals surface area contributed by atoms with Crippen molar-refractivity contribution in [3.8, 4) is 0 Å². The van der Waals surface area contributed by atoms with E-state index in [9.17, 15) is 9.59 Å². The normalized spacial score (nSPS) is 10.2. The third kappa shape index (κ3) is 4.01. The monoisotopic (exact) mass is 305 g/mol. The maximum absolute atomic E-state index is 11.5. The first-order valence-electron chi connectivity index (χ1n) is 6.60. The topological polar surface area (TPSA) is 119 Å². The van der Waals surface area contributed by atoms with Gasteiger partial charge in [0, 0.05) is 12.7 Å². The molecule has 116 valence electrons. The molecule has 2 aromatic heterocycles. The van der Waals surface area contributed by atoms with Crippen molar-refractivity contribution in [1.82, 2.24) is 19.7 Å². The van der Waals surface area contributed by atoms with Crippen LogP contribution < -0.4 is 5.32 Å². The van der Waals surface area contributed by atoms with Crippen LogP contribution in [0.1, 0.15) is 27.9 Å². The second-order valence-electron chi connectivity index (χ2n) is 4.20. The molecule has 0 amide bonds. The molecule has 0 bridgehead atoms. The molecule has 0 saturated carbocycles. The Balaban J connectivity index is 1.83. The Bertz CT molecular complexity index is 653. The highest BCUT2D eigenvalue weighted by Gasteiger charge is 2.10. The maximum Gasteiger partial charge on any atom is 0.358 e. The number of hydrogen-bond acceptors (Lipinski definition) is 7. The van der Waals surface area contributed by atoms with Crippen molar-refractivity contribution in [3.63, 3.8) is 0 Å². The predicted octanol–water partition coefficient (Wildman–Crippen LogP) is 0.660. The Morgan fingerprint density at radius 3 is 2.77 bits per heavy atom. The lowest BCUT2D eigenvalue weighted by molar-refractivity contribution is 0.0518. The molecule has 2 N–H and O–H groups in total. The second-order valence-corrected chi connectivity index (χ2v) is 4.20. The number of anilines is 1. The van der Waals surface area contributed by atoms with Gasteiger partial charge in [0.05, 0.1) is 25.5 Å². The Morgan fingerprint density at radius 1 is 1.32 bits per heavy atom. The largest absolute Gasteiger partial charge is 0.476 e. The van der Waals surface area contributed by atoms with Gasteiger partial charge in [-0.05, 0) is 13.0 Å². The van der Waals surface area contributed by atoms with Crippen LogP contribution >= 0.6 is 0 Å². The number of ether oxygens (including phenoxy) is 1. The highest BCUT2D eigenvalue weighted by Crippen LogP contribution is 2.02. The number of hydrogen-bond donors (Lipinski definition) is 2. The number of nitrogens with zero attached hydrogens (tertiary/aromatic N) is 4. The number of carbonyl (C=O) groups is 2. The highest BCUT2D eigenvalue weighted by molar-refractivity contribution is 5.87. The molecule has 0 aliphatic carbocycles. The summed E-state index contributed by atoms with van der Waals surface area (Å²) in [6.45, 7) is 3.03. The van der Waals surface area contributed by atoms with Gasteiger partial charge in [0.15, 0.2) is 11.4 Å². The molecule has 9 nitrogen and oxygen atoms in total. The molecule has 0 radical (unpaired) electrons. The van der Waals surface area contributed by atoms with Gasteiger partial charge >= 0.3 is 11.9 Å². The Morgan fingerprint density at radius 2 is 2.14 bits per heavy atom. The zero-order valence-corrected chi connectivity index (χ0v) is 11.9. The molecule has 0 aromatic carbocycles. The van der Waals surface area contributed by atoms with Gasteiger partial charge < -0.3 is 15.2 Å². The quantitative estimate of drug-likeness (QED) is 0.716. The first kappa shape index (κ1) is 15.4. The van der Waals surface area contributed by atoms with Gasteiger partial charge in [-0.1, -0.05) is 0 Å². The molecule has 0 atom stereocenters. The van der Waals surface area contributed by atoms with E-state index in [0.29, 0.717) is 25.5 Å². The summed E-state index contributed by atoms with van der Waals surface area (Å²) in [5.41, 5.74) is 0.143. The van der Waals surface area contributed by atoms with Crippen molar-refractivity contribution in [2.45, 2.75) is 13.5 Å². The minimum atomic E-state index is -1.12. The molecule has 22 heavy (non-hydrogen) atoms. The third-order valence-corrected chi connectivity index (χ3v) is 2.64. The van der Waals surface area contributed by atoms with E-state index in [1.807, 2.05) is 0 Å². The molecule has 2 aromatic rings. The van der Waals surface area contributed by atoms with Crippen LogP contribution in [0.3, 0.4) is 0 Å². The van der Waals surface area contributed by atoms with E-state index in [1.165, 1.54) is 12.4 Å². The summed E-state index contributed by atoms with van der Waals surface area (Å²) in [6.07, 6.45) is 4.20. The zero-order valence-electron chi connectivity index (χ0n) is 11.9. The van der Waals surface area contributed by atoms with E-state index >= 15 is 0 Å². The zero-order chi connectivity index (χ0) is 15.9. The van der Waals surface area contributed by atoms with Gasteiger partial charge in [-0.25, -0.2) is 19.6 Å². The van der Waals surface area contributed by atoms with Crippen LogP contribution in [-0.2, 0) is 11.3 Å². The first-order chi connectivity index (χ1) is 10.6. The van der Waals surface area contributed by atoms with Crippen molar-refractivity contribution in [3.05, 3.63) is 36.0 Å². The van der Waals surface area contributed by atoms with E-state index in [0.717, 1.165) is 0 Å². The van der Waals surface area contributed by atoms with Gasteiger partial charge in [-0.15, -0.1) is 0 Å². The summed E-state index contributed by atoms with van der Waals surface area (Å²) in [4.78, 5) is 29.8. The van der Waals surface area contributed by atoms with Crippen LogP contribution in [0, 0.1) is 0 Å². The summed E-state index contributed by atoms with van der Waals surface area (Å²) in [6, 6.07) is 1.58. The van der Waals surface area contributed by atoms with Gasteiger partial charge in [0.2, 0.25) is 0 Å². The van der Waals surface area contributed by atoms with Crippen molar-refractivity contribution >= 4 is 17.8 Å². The fraction of sp³-hybridized carbons (Fsp3) is 0.308. The maximum atomic E-state index is 11.5. The standard InChI is InChI=1S/C13H15N5O4/c1-2-22-13(21)9-3-5-18(17-9)6-4-14-11-8-15-10(7-16-11)12(19)20/h3,5,7-8H,2,4,6H2,1H3,(H,14,16)(H,19,20). The number of aromatic carboxylic acids is 1. The molecule has 0 fully saturated rings. The number of nitrogens with one attached hydrogen (secondary N) is 1. The molecule has 0 saturated heterocycles. The smallest absolute Gasteiger partial charge is 0.358 e. The Labute approximate surface area is 126 Å². The second kappa shape index (κ2) is 7.16. The van der Waals surface area contributed by atoms with E-state index in [-0.39, 0.29) is 11.4 Å². The molecule has 9 heteroatoms. The highest BCUT2D eigenvalue weighted by atomic mass is 16.5. The van der Waals surface area contributed by atoms with Gasteiger partial charge in [0.1, 0.15) is 5.82 Å². The number of carbonyl (C=O) groups excluding carboxylic acids is 1. The van der Waals surface area contributed by atoms with Gasteiger partial charge in [-0.3, -0.25) is 4.68 Å². The molecular weight excluding hydrogens is 290 g/mol. The molecule has 0 unspecified atom stereocenters. The summed E-state index contributed by atoms with van der Waals surface area (Å²) >= 11 is 0. The van der Waals surface area contributed by atoms with Crippen molar-refractivity contribution in [2.75, 3.05) is 18.5 Å². The molecule has 2 rings (SSSR count). The average Bonchev–Trinajstić information content (AvgIpc) is 2.97. The number of carboxylic acid groups (broad SMARTS) is 1. The summed E-state index contributed by atoms with van der Waals surface area (Å²) < 4.78 is 6.44. The Hall–Kier alpha value is -2.97. The van der Waals surface area contributed by atoms with Crippen LogP contribution in [0.2, 0.25) is 0 Å². The van der Waals surface area contributed by atoms with Crippen LogP contribution in [0.4, 0.5) is 5.82 Å². The lowest BCUT2D eigenvalue weighted by Gasteiger charge is -2.05. The number of aromatic nitrogens is 4. The van der Waals surface area contributed by atoms with Crippen LogP contribution in [0.5, 0.6) is 0 Å².